The van der Waals surface area contributed by atoms with Gasteiger partial charge in [-0.2, -0.15) is 9.52 Å². The lowest BCUT2D eigenvalue weighted by atomic mass is 10.0. The van der Waals surface area contributed by atoms with Crippen molar-refractivity contribution in [3.8, 4) is 5.75 Å². The highest BCUT2D eigenvalue weighted by molar-refractivity contribution is 7.88. The summed E-state index contributed by atoms with van der Waals surface area (Å²) < 4.78 is 31.5. The first-order chi connectivity index (χ1) is 13.4. The summed E-state index contributed by atoms with van der Waals surface area (Å²) in [6.07, 6.45) is 1.59. The largest absolute Gasteiger partial charge is 0.492 e. The van der Waals surface area contributed by atoms with Gasteiger partial charge in [-0.25, -0.2) is 13.4 Å². The van der Waals surface area contributed by atoms with E-state index >= 15 is 0 Å². The van der Waals surface area contributed by atoms with Gasteiger partial charge in [0.15, 0.2) is 0 Å². The number of aromatic nitrogens is 1. The zero-order valence-electron chi connectivity index (χ0n) is 15.3. The van der Waals surface area contributed by atoms with E-state index in [2.05, 4.69) is 10.1 Å². The fourth-order valence-electron chi connectivity index (χ4n) is 3.29. The van der Waals surface area contributed by atoms with Crippen molar-refractivity contribution < 1.29 is 13.2 Å². The molecule has 3 heterocycles. The molecule has 4 rings (SSSR count). The molecule has 0 saturated carbocycles. The quantitative estimate of drug-likeness (QED) is 0.554. The van der Waals surface area contributed by atoms with E-state index < -0.39 is 16.1 Å². The van der Waals surface area contributed by atoms with Gasteiger partial charge in [0.2, 0.25) is 10.0 Å². The van der Waals surface area contributed by atoms with Gasteiger partial charge in [-0.3, -0.25) is 0 Å². The Hall–Kier alpha value is -2.16. The van der Waals surface area contributed by atoms with Crippen LogP contribution in [0.5, 0.6) is 5.75 Å². The van der Waals surface area contributed by atoms with E-state index in [1.807, 2.05) is 48.7 Å². The van der Waals surface area contributed by atoms with Crippen LogP contribution in [0.2, 0.25) is 5.15 Å². The van der Waals surface area contributed by atoms with Gasteiger partial charge in [-0.1, -0.05) is 29.8 Å². The number of para-hydroxylation sites is 1. The van der Waals surface area contributed by atoms with Gasteiger partial charge in [0.05, 0.1) is 29.5 Å². The summed E-state index contributed by atoms with van der Waals surface area (Å²) in [6, 6.07) is 10.8. The van der Waals surface area contributed by atoms with E-state index in [9.17, 15) is 8.42 Å². The number of hydrogen-bond acceptors (Lipinski definition) is 6. The van der Waals surface area contributed by atoms with Crippen LogP contribution in [0.1, 0.15) is 29.8 Å². The van der Waals surface area contributed by atoms with Crippen LogP contribution in [-0.2, 0) is 10.0 Å². The third kappa shape index (κ3) is 3.47. The topological polar surface area (TPSA) is 71.9 Å². The lowest BCUT2D eigenvalue weighted by Gasteiger charge is -2.22. The Morgan fingerprint density at radius 3 is 2.82 bits per heavy atom. The maximum atomic E-state index is 12.4. The Labute approximate surface area is 172 Å². The van der Waals surface area contributed by atoms with E-state index in [0.717, 1.165) is 26.6 Å². The summed E-state index contributed by atoms with van der Waals surface area (Å²) in [7, 11) is -3.57. The summed E-state index contributed by atoms with van der Waals surface area (Å²) in [5.41, 5.74) is 2.01. The minimum Gasteiger partial charge on any atom is -0.492 e. The molecule has 0 radical (unpaired) electrons. The molecule has 3 aromatic rings. The highest BCUT2D eigenvalue weighted by Crippen LogP contribution is 2.40. The molecule has 1 aliphatic rings. The summed E-state index contributed by atoms with van der Waals surface area (Å²) in [6.45, 7) is 2.42. The second-order valence-corrected chi connectivity index (χ2v) is 9.55. The Balaban J connectivity index is 1.81. The third-order valence-corrected chi connectivity index (χ3v) is 6.70. The van der Waals surface area contributed by atoms with Crippen molar-refractivity contribution in [1.29, 1.82) is 0 Å². The molecule has 9 heteroatoms. The lowest BCUT2D eigenvalue weighted by Crippen LogP contribution is -2.26. The molecule has 0 spiro atoms. The van der Waals surface area contributed by atoms with Gasteiger partial charge in [0.25, 0.3) is 0 Å². The van der Waals surface area contributed by atoms with Crippen LogP contribution in [-0.4, -0.2) is 36.4 Å². The predicted octanol–water partition coefficient (Wildman–Crippen LogP) is 4.46. The molecule has 28 heavy (non-hydrogen) atoms. The summed E-state index contributed by atoms with van der Waals surface area (Å²) in [5, 5.41) is 7.42. The second-order valence-electron chi connectivity index (χ2n) is 6.41. The van der Waals surface area contributed by atoms with Crippen molar-refractivity contribution in [2.75, 3.05) is 12.9 Å². The molecule has 0 aliphatic carbocycles. The minimum absolute atomic E-state index is 0.251. The second kappa shape index (κ2) is 7.35. The standard InChI is InChI=1S/C19H18ClN3O3S2/c1-3-26-16-7-4-6-12-10-13(19(20)21-18(12)16)15-11-14(17-8-5-9-27-17)22-23(15)28(2,24)25/h4-10,15H,3,11H2,1-2H3. The van der Waals surface area contributed by atoms with Crippen molar-refractivity contribution in [2.45, 2.75) is 19.4 Å². The first-order valence-electron chi connectivity index (χ1n) is 8.71. The van der Waals surface area contributed by atoms with E-state index in [0.29, 0.717) is 29.9 Å². The normalized spacial score (nSPS) is 17.2. The minimum atomic E-state index is -3.57. The number of hydrazone groups is 1. The average molecular weight is 436 g/mol. The fraction of sp³-hybridized carbons (Fsp3) is 0.263. The molecule has 146 valence electrons. The average Bonchev–Trinajstić information content (AvgIpc) is 3.31. The molecule has 1 atom stereocenters. The number of ether oxygens (including phenoxy) is 1. The third-order valence-electron chi connectivity index (χ3n) is 4.47. The van der Waals surface area contributed by atoms with Crippen LogP contribution in [0.4, 0.5) is 0 Å². The van der Waals surface area contributed by atoms with Crippen LogP contribution in [0.15, 0.2) is 46.9 Å². The number of halogens is 1. The molecule has 6 nitrogen and oxygen atoms in total. The van der Waals surface area contributed by atoms with Gasteiger partial charge in [0.1, 0.15) is 16.4 Å². The van der Waals surface area contributed by atoms with Crippen LogP contribution >= 0.6 is 22.9 Å². The molecule has 1 unspecified atom stereocenters. The summed E-state index contributed by atoms with van der Waals surface area (Å²) in [5.74, 6) is 0.648. The SMILES string of the molecule is CCOc1cccc2cc(C3CC(c4cccs4)=NN3S(C)(=O)=O)c(Cl)nc12. The fourth-order valence-corrected chi connectivity index (χ4v) is 5.17. The number of benzene rings is 1. The van der Waals surface area contributed by atoms with Crippen LogP contribution in [0.25, 0.3) is 10.9 Å². The maximum absolute atomic E-state index is 12.4. The zero-order valence-corrected chi connectivity index (χ0v) is 17.7. The molecule has 0 saturated heterocycles. The number of thiophene rings is 1. The van der Waals surface area contributed by atoms with E-state index in [4.69, 9.17) is 16.3 Å². The van der Waals surface area contributed by atoms with Gasteiger partial charge in [-0.05, 0) is 30.5 Å². The van der Waals surface area contributed by atoms with E-state index in [1.165, 1.54) is 11.3 Å². The maximum Gasteiger partial charge on any atom is 0.247 e. The number of rotatable bonds is 5. The van der Waals surface area contributed by atoms with E-state index in [1.54, 1.807) is 0 Å². The van der Waals surface area contributed by atoms with Crippen molar-refractivity contribution in [1.82, 2.24) is 9.40 Å². The molecule has 2 aromatic heterocycles. The summed E-state index contributed by atoms with van der Waals surface area (Å²) in [4.78, 5) is 5.46. The molecule has 1 aliphatic heterocycles. The highest BCUT2D eigenvalue weighted by Gasteiger charge is 2.36. The van der Waals surface area contributed by atoms with Gasteiger partial charge >= 0.3 is 0 Å². The zero-order chi connectivity index (χ0) is 19.9. The van der Waals surface area contributed by atoms with Gasteiger partial charge in [0, 0.05) is 17.4 Å². The van der Waals surface area contributed by atoms with Crippen molar-refractivity contribution in [3.05, 3.63) is 57.4 Å². The molecule has 0 fully saturated rings. The molecular formula is C19H18ClN3O3S2. The predicted molar refractivity (Wildman–Crippen MR) is 113 cm³/mol. The number of fused-ring (bicyclic) bond motifs is 1. The lowest BCUT2D eigenvalue weighted by molar-refractivity contribution is 0.343. The molecule has 0 amide bonds. The van der Waals surface area contributed by atoms with Crippen molar-refractivity contribution in [2.24, 2.45) is 5.10 Å². The number of hydrogen-bond donors (Lipinski definition) is 0. The molecule has 0 N–H and O–H groups in total. The van der Waals surface area contributed by atoms with Gasteiger partial charge < -0.3 is 4.74 Å². The number of pyridine rings is 1. The first kappa shape index (κ1) is 19.2. The Bertz CT molecular complexity index is 1160. The van der Waals surface area contributed by atoms with Gasteiger partial charge in [-0.15, -0.1) is 11.3 Å². The van der Waals surface area contributed by atoms with Crippen molar-refractivity contribution >= 4 is 49.6 Å². The first-order valence-corrected chi connectivity index (χ1v) is 11.8. The Morgan fingerprint density at radius 1 is 1.32 bits per heavy atom. The number of sulfonamides is 1. The smallest absolute Gasteiger partial charge is 0.247 e. The Kier molecular flexibility index (Phi) is 5.03. The highest BCUT2D eigenvalue weighted by atomic mass is 35.5. The van der Waals surface area contributed by atoms with E-state index in [-0.39, 0.29) is 5.15 Å². The van der Waals surface area contributed by atoms with Crippen molar-refractivity contribution in [3.63, 3.8) is 0 Å². The Morgan fingerprint density at radius 2 is 2.14 bits per heavy atom. The summed E-state index contributed by atoms with van der Waals surface area (Å²) >= 11 is 8.03. The molecule has 1 aromatic carbocycles. The monoisotopic (exact) mass is 435 g/mol. The van der Waals surface area contributed by atoms with Crippen LogP contribution in [0, 0.1) is 0 Å². The molecular weight excluding hydrogens is 418 g/mol. The molecule has 0 bridgehead atoms. The van der Waals surface area contributed by atoms with Crippen LogP contribution in [0.3, 0.4) is 0 Å². The number of nitrogens with zero attached hydrogens (tertiary/aromatic N) is 3. The van der Waals surface area contributed by atoms with Crippen LogP contribution < -0.4 is 4.74 Å².